The highest BCUT2D eigenvalue weighted by Gasteiger charge is 2.13. The molecule has 3 nitrogen and oxygen atoms in total. The van der Waals surface area contributed by atoms with Crippen LogP contribution in [-0.4, -0.2) is 25.1 Å². The maximum atomic E-state index is 5.56. The van der Waals surface area contributed by atoms with Crippen LogP contribution in [0.5, 0.6) is 5.75 Å². The van der Waals surface area contributed by atoms with Gasteiger partial charge in [-0.05, 0) is 49.2 Å². The normalized spacial score (nSPS) is 15.8. The second-order valence-corrected chi connectivity index (χ2v) is 6.54. The van der Waals surface area contributed by atoms with Gasteiger partial charge in [-0.15, -0.1) is 0 Å². The number of hydrogen-bond acceptors (Lipinski definition) is 2. The van der Waals surface area contributed by atoms with Crippen LogP contribution in [0.1, 0.15) is 36.0 Å². The molecule has 0 saturated carbocycles. The van der Waals surface area contributed by atoms with Crippen LogP contribution in [0, 0.1) is 0 Å². The maximum Gasteiger partial charge on any atom is 0.169 e. The van der Waals surface area contributed by atoms with E-state index < -0.39 is 0 Å². The molecule has 1 saturated heterocycles. The van der Waals surface area contributed by atoms with Crippen molar-refractivity contribution in [3.8, 4) is 5.75 Å². The Morgan fingerprint density at radius 2 is 1.71 bits per heavy atom. The highest BCUT2D eigenvalue weighted by atomic mass is 16.5. The van der Waals surface area contributed by atoms with E-state index in [0.29, 0.717) is 0 Å². The molecular weight excluding hydrogens is 296 g/mol. The first kappa shape index (κ1) is 16.7. The lowest BCUT2D eigenvalue weighted by atomic mass is 10.1. The van der Waals surface area contributed by atoms with Crippen molar-refractivity contribution in [2.45, 2.75) is 25.8 Å². The first-order valence-electron chi connectivity index (χ1n) is 8.77. The molecule has 1 aromatic heterocycles. The second kappa shape index (κ2) is 8.11. The van der Waals surface area contributed by atoms with Crippen LogP contribution in [0.25, 0.3) is 12.2 Å². The van der Waals surface area contributed by atoms with Crippen molar-refractivity contribution in [3.63, 3.8) is 0 Å². The van der Waals surface area contributed by atoms with Gasteiger partial charge in [-0.3, -0.25) is 4.90 Å². The van der Waals surface area contributed by atoms with Gasteiger partial charge >= 0.3 is 0 Å². The Balaban J connectivity index is 1.76. The minimum Gasteiger partial charge on any atom is -0.496 e. The molecule has 0 amide bonds. The van der Waals surface area contributed by atoms with Crippen molar-refractivity contribution in [1.29, 1.82) is 0 Å². The molecule has 0 aliphatic carbocycles. The molecule has 1 aliphatic rings. The van der Waals surface area contributed by atoms with Crippen LogP contribution in [0.4, 0.5) is 0 Å². The summed E-state index contributed by atoms with van der Waals surface area (Å²) < 4.78 is 7.61. The summed E-state index contributed by atoms with van der Waals surface area (Å²) in [5.74, 6) is 0.990. The molecule has 1 aliphatic heterocycles. The number of aryl methyl sites for hydroxylation is 1. The van der Waals surface area contributed by atoms with Gasteiger partial charge in [0.15, 0.2) is 12.4 Å². The average Bonchev–Trinajstić information content (AvgIpc) is 2.62. The zero-order valence-electron chi connectivity index (χ0n) is 14.7. The number of pyridine rings is 1. The van der Waals surface area contributed by atoms with E-state index in [2.05, 4.69) is 59.8 Å². The van der Waals surface area contributed by atoms with Crippen molar-refractivity contribution in [2.75, 3.05) is 20.2 Å². The zero-order chi connectivity index (χ0) is 16.8. The first-order valence-corrected chi connectivity index (χ1v) is 8.77. The van der Waals surface area contributed by atoms with Crippen LogP contribution in [0.15, 0.2) is 42.7 Å². The minimum atomic E-state index is 0.978. The lowest BCUT2D eigenvalue weighted by Crippen LogP contribution is -2.29. The number of likely N-dealkylation sites (tertiary alicyclic amines) is 1. The second-order valence-electron chi connectivity index (χ2n) is 6.54. The number of aromatic nitrogens is 1. The molecule has 2 heterocycles. The number of rotatable bonds is 5. The highest BCUT2D eigenvalue weighted by Crippen LogP contribution is 2.24. The van der Waals surface area contributed by atoms with Gasteiger partial charge in [0.1, 0.15) is 12.8 Å². The van der Waals surface area contributed by atoms with Crippen molar-refractivity contribution >= 4 is 12.2 Å². The molecular formula is C21H27N2O+. The third kappa shape index (κ3) is 4.45. The van der Waals surface area contributed by atoms with Crippen molar-refractivity contribution in [1.82, 2.24) is 4.90 Å². The Bertz CT molecular complexity index is 685. The van der Waals surface area contributed by atoms with Gasteiger partial charge in [-0.2, -0.15) is 0 Å². The molecule has 0 radical (unpaired) electrons. The van der Waals surface area contributed by atoms with Crippen molar-refractivity contribution < 1.29 is 9.30 Å². The Hall–Kier alpha value is -2.13. The van der Waals surface area contributed by atoms with Crippen LogP contribution < -0.4 is 9.30 Å². The summed E-state index contributed by atoms with van der Waals surface area (Å²) in [5, 5.41) is 0. The number of methoxy groups -OCH3 is 1. The van der Waals surface area contributed by atoms with Gasteiger partial charge < -0.3 is 4.74 Å². The smallest absolute Gasteiger partial charge is 0.169 e. The van der Waals surface area contributed by atoms with E-state index in [1.807, 2.05) is 11.6 Å². The quantitative estimate of drug-likeness (QED) is 0.781. The van der Waals surface area contributed by atoms with E-state index in [1.165, 1.54) is 49.0 Å². The summed E-state index contributed by atoms with van der Waals surface area (Å²) in [7, 11) is 3.79. The van der Waals surface area contributed by atoms with Gasteiger partial charge in [-0.25, -0.2) is 4.57 Å². The first-order chi connectivity index (χ1) is 11.7. The molecule has 126 valence electrons. The summed E-state index contributed by atoms with van der Waals surface area (Å²) in [6.45, 7) is 3.38. The van der Waals surface area contributed by atoms with Gasteiger partial charge in [-0.1, -0.05) is 24.6 Å². The van der Waals surface area contributed by atoms with Gasteiger partial charge in [0.25, 0.3) is 0 Å². The van der Waals surface area contributed by atoms with Gasteiger partial charge in [0.05, 0.1) is 7.11 Å². The number of hydrogen-bond donors (Lipinski definition) is 0. The zero-order valence-corrected chi connectivity index (χ0v) is 14.7. The van der Waals surface area contributed by atoms with E-state index in [-0.39, 0.29) is 0 Å². The molecule has 3 rings (SSSR count). The van der Waals surface area contributed by atoms with Crippen molar-refractivity contribution in [2.24, 2.45) is 7.05 Å². The van der Waals surface area contributed by atoms with Crippen LogP contribution >= 0.6 is 0 Å². The number of ether oxygens (including phenoxy) is 1. The third-order valence-electron chi connectivity index (χ3n) is 4.62. The molecule has 1 fully saturated rings. The lowest BCUT2D eigenvalue weighted by Gasteiger charge is -2.27. The summed E-state index contributed by atoms with van der Waals surface area (Å²) in [6.07, 6.45) is 12.5. The number of piperidine rings is 1. The Labute approximate surface area is 145 Å². The molecule has 0 atom stereocenters. The molecule has 2 aromatic rings. The third-order valence-corrected chi connectivity index (χ3v) is 4.62. The van der Waals surface area contributed by atoms with Crippen LogP contribution in [0.2, 0.25) is 0 Å². The fraction of sp³-hybridized carbons (Fsp3) is 0.381. The van der Waals surface area contributed by atoms with E-state index in [9.17, 15) is 0 Å². The fourth-order valence-corrected chi connectivity index (χ4v) is 3.20. The van der Waals surface area contributed by atoms with E-state index in [1.54, 1.807) is 7.11 Å². The SMILES string of the molecule is COc1ccc(/C=C/c2cc[n+](C)cc2)cc1CN1CCCCC1. The Morgan fingerprint density at radius 3 is 2.42 bits per heavy atom. The molecule has 0 unspecified atom stereocenters. The molecule has 0 N–H and O–H groups in total. The van der Waals surface area contributed by atoms with Gasteiger partial charge in [0, 0.05) is 24.2 Å². The van der Waals surface area contributed by atoms with Crippen LogP contribution in [0.3, 0.4) is 0 Å². The topological polar surface area (TPSA) is 16.4 Å². The largest absolute Gasteiger partial charge is 0.496 e. The van der Waals surface area contributed by atoms with E-state index in [4.69, 9.17) is 4.74 Å². The van der Waals surface area contributed by atoms with Crippen LogP contribution in [-0.2, 0) is 13.6 Å². The number of nitrogens with zero attached hydrogens (tertiary/aromatic N) is 2. The highest BCUT2D eigenvalue weighted by molar-refractivity contribution is 5.70. The standard InChI is InChI=1S/C21H27N2O/c1-22-14-10-18(11-15-22)6-7-19-8-9-21(24-2)20(16-19)17-23-12-4-3-5-13-23/h6-11,14-16H,3-5,12-13,17H2,1-2H3/q+1/b7-6+. The van der Waals surface area contributed by atoms with E-state index >= 15 is 0 Å². The molecule has 1 aromatic carbocycles. The van der Waals surface area contributed by atoms with E-state index in [0.717, 1.165) is 12.3 Å². The fourth-order valence-electron chi connectivity index (χ4n) is 3.20. The predicted octanol–water partition coefficient (Wildman–Crippen LogP) is 3.68. The Kier molecular flexibility index (Phi) is 5.65. The molecule has 0 bridgehead atoms. The molecule has 0 spiro atoms. The number of benzene rings is 1. The molecule has 24 heavy (non-hydrogen) atoms. The summed E-state index contributed by atoms with van der Waals surface area (Å²) in [5.41, 5.74) is 3.71. The van der Waals surface area contributed by atoms with Crippen molar-refractivity contribution in [3.05, 3.63) is 59.4 Å². The molecule has 3 heteroatoms. The maximum absolute atomic E-state index is 5.56. The minimum absolute atomic E-state index is 0.978. The summed E-state index contributed by atoms with van der Waals surface area (Å²) in [6, 6.07) is 10.7. The van der Waals surface area contributed by atoms with Gasteiger partial charge in [0.2, 0.25) is 0 Å². The average molecular weight is 323 g/mol. The lowest BCUT2D eigenvalue weighted by molar-refractivity contribution is -0.671. The predicted molar refractivity (Wildman–Crippen MR) is 98.7 cm³/mol. The monoisotopic (exact) mass is 323 g/mol. The Morgan fingerprint density at radius 1 is 1.00 bits per heavy atom. The summed E-state index contributed by atoms with van der Waals surface area (Å²) >= 11 is 0. The summed E-state index contributed by atoms with van der Waals surface area (Å²) in [4.78, 5) is 2.53.